The molecule has 202 valence electrons. The van der Waals surface area contributed by atoms with Crippen molar-refractivity contribution in [3.8, 4) is 11.5 Å². The number of nitro groups is 1. The minimum atomic E-state index is -0.567. The van der Waals surface area contributed by atoms with E-state index in [0.717, 1.165) is 12.0 Å². The molecule has 3 amide bonds. The van der Waals surface area contributed by atoms with Crippen molar-refractivity contribution in [3.05, 3.63) is 93.0 Å². The second-order valence-electron chi connectivity index (χ2n) is 9.20. The number of carbonyl (C=O) groups excluding carboxylic acids is 3. The highest BCUT2D eigenvalue weighted by Gasteiger charge is 2.34. The predicted octanol–water partition coefficient (Wildman–Crippen LogP) is 5.03. The number of rotatable bonds is 11. The van der Waals surface area contributed by atoms with E-state index in [9.17, 15) is 24.5 Å². The van der Waals surface area contributed by atoms with Gasteiger partial charge >= 0.3 is 5.69 Å². The summed E-state index contributed by atoms with van der Waals surface area (Å²) in [6.07, 6.45) is 2.08. The van der Waals surface area contributed by atoms with Crippen LogP contribution in [0.3, 0.4) is 0 Å². The molecule has 0 atom stereocenters. The summed E-state index contributed by atoms with van der Waals surface area (Å²) in [4.78, 5) is 51.5. The van der Waals surface area contributed by atoms with Crippen molar-refractivity contribution in [2.24, 2.45) is 0 Å². The van der Waals surface area contributed by atoms with E-state index in [0.29, 0.717) is 48.6 Å². The Morgan fingerprint density at radius 3 is 2.28 bits per heavy atom. The fourth-order valence-electron chi connectivity index (χ4n) is 4.45. The van der Waals surface area contributed by atoms with Crippen molar-refractivity contribution in [2.45, 2.75) is 26.2 Å². The molecule has 39 heavy (non-hydrogen) atoms. The lowest BCUT2D eigenvalue weighted by Gasteiger charge is -2.22. The molecule has 0 aromatic heterocycles. The molecule has 0 unspecified atom stereocenters. The highest BCUT2D eigenvalue weighted by Crippen LogP contribution is 2.32. The molecule has 0 bridgehead atoms. The van der Waals surface area contributed by atoms with Gasteiger partial charge < -0.3 is 14.4 Å². The lowest BCUT2D eigenvalue weighted by atomic mass is 10.1. The summed E-state index contributed by atoms with van der Waals surface area (Å²) in [6.45, 7) is 2.64. The number of fused-ring (bicyclic) bond motifs is 1. The summed E-state index contributed by atoms with van der Waals surface area (Å²) in [6, 6.07) is 16.3. The first kappa shape index (κ1) is 27.3. The number of anilines is 1. The molecule has 10 heteroatoms. The average molecular weight is 532 g/mol. The Labute approximate surface area is 225 Å². The smallest absolute Gasteiger partial charge is 0.310 e. The molecule has 0 fully saturated rings. The third-order valence-corrected chi connectivity index (χ3v) is 6.57. The van der Waals surface area contributed by atoms with E-state index in [1.165, 1.54) is 35.1 Å². The molecule has 0 radical (unpaired) electrons. The zero-order valence-corrected chi connectivity index (χ0v) is 22.0. The minimum absolute atomic E-state index is 0.000778. The molecular weight excluding hydrogens is 502 g/mol. The van der Waals surface area contributed by atoms with Gasteiger partial charge in [-0.15, -0.1) is 0 Å². The van der Waals surface area contributed by atoms with Crippen LogP contribution in [0.5, 0.6) is 11.5 Å². The summed E-state index contributed by atoms with van der Waals surface area (Å²) < 4.78 is 11.1. The quantitative estimate of drug-likeness (QED) is 0.147. The Hall–Kier alpha value is -4.73. The van der Waals surface area contributed by atoms with Gasteiger partial charge in [0.2, 0.25) is 0 Å². The molecule has 0 spiro atoms. The Kier molecular flexibility index (Phi) is 8.24. The van der Waals surface area contributed by atoms with Gasteiger partial charge in [-0.05, 0) is 62.1 Å². The maximum Gasteiger partial charge on any atom is 0.310 e. The van der Waals surface area contributed by atoms with E-state index >= 15 is 0 Å². The number of hydrogen-bond donors (Lipinski definition) is 0. The van der Waals surface area contributed by atoms with E-state index in [1.54, 1.807) is 37.4 Å². The van der Waals surface area contributed by atoms with E-state index in [4.69, 9.17) is 9.47 Å². The van der Waals surface area contributed by atoms with E-state index in [2.05, 4.69) is 0 Å². The third-order valence-electron chi connectivity index (χ3n) is 6.57. The summed E-state index contributed by atoms with van der Waals surface area (Å²) in [7, 11) is 2.92. The van der Waals surface area contributed by atoms with Gasteiger partial charge in [0.1, 0.15) is 5.75 Å². The van der Waals surface area contributed by atoms with Gasteiger partial charge in [0.05, 0.1) is 35.5 Å². The number of hydrogen-bond acceptors (Lipinski definition) is 7. The fourth-order valence-corrected chi connectivity index (χ4v) is 4.45. The number of amides is 3. The Morgan fingerprint density at radius 2 is 1.64 bits per heavy atom. The monoisotopic (exact) mass is 531 g/mol. The highest BCUT2D eigenvalue weighted by molar-refractivity contribution is 6.21. The fraction of sp³-hybridized carbons (Fsp3) is 0.276. The molecule has 10 nitrogen and oxygen atoms in total. The second-order valence-corrected chi connectivity index (χ2v) is 9.20. The van der Waals surface area contributed by atoms with Crippen molar-refractivity contribution in [3.63, 3.8) is 0 Å². The van der Waals surface area contributed by atoms with Gasteiger partial charge in [-0.2, -0.15) is 0 Å². The van der Waals surface area contributed by atoms with E-state index in [-0.39, 0.29) is 34.7 Å². The molecule has 1 aliphatic heterocycles. The lowest BCUT2D eigenvalue weighted by Crippen LogP contribution is -2.30. The van der Waals surface area contributed by atoms with Crippen LogP contribution in [0.4, 0.5) is 11.4 Å². The van der Waals surface area contributed by atoms with Gasteiger partial charge in [0.15, 0.2) is 5.75 Å². The number of carbonyl (C=O) groups is 3. The third kappa shape index (κ3) is 5.74. The summed E-state index contributed by atoms with van der Waals surface area (Å²) in [5.74, 6) is -0.358. The van der Waals surface area contributed by atoms with Crippen LogP contribution in [0, 0.1) is 17.0 Å². The van der Waals surface area contributed by atoms with E-state index < -0.39 is 4.92 Å². The number of methoxy groups -OCH3 is 1. The van der Waals surface area contributed by atoms with Crippen molar-refractivity contribution in [1.29, 1.82) is 0 Å². The Morgan fingerprint density at radius 1 is 0.949 bits per heavy atom. The minimum Gasteiger partial charge on any atom is -0.491 e. The van der Waals surface area contributed by atoms with Gasteiger partial charge in [-0.25, -0.2) is 0 Å². The molecule has 3 aromatic carbocycles. The maximum atomic E-state index is 13.2. The lowest BCUT2D eigenvalue weighted by molar-refractivity contribution is -0.385. The number of aryl methyl sites for hydroxylation is 1. The van der Waals surface area contributed by atoms with Crippen molar-refractivity contribution in [2.75, 3.05) is 32.2 Å². The maximum absolute atomic E-state index is 13.2. The first-order chi connectivity index (χ1) is 18.7. The molecule has 3 aromatic rings. The SMILES string of the molecule is COc1cc(C(=O)N(C)c2ccc(C)cc2OCCCCCN2C(=O)c3ccccc3C2=O)ccc1[N+](=O)[O-]. The van der Waals surface area contributed by atoms with E-state index in [1.807, 2.05) is 19.1 Å². The normalized spacial score (nSPS) is 12.3. The van der Waals surface area contributed by atoms with Crippen LogP contribution in [0.15, 0.2) is 60.7 Å². The van der Waals surface area contributed by atoms with Crippen LogP contribution < -0.4 is 14.4 Å². The van der Waals surface area contributed by atoms with Crippen LogP contribution in [0.25, 0.3) is 0 Å². The molecule has 1 aliphatic rings. The number of imide groups is 1. The Bertz CT molecular complexity index is 1400. The van der Waals surface area contributed by atoms with Crippen molar-refractivity contribution < 1.29 is 28.8 Å². The summed E-state index contributed by atoms with van der Waals surface area (Å²) in [5.41, 5.74) is 2.41. The van der Waals surface area contributed by atoms with Gasteiger partial charge in [0, 0.05) is 31.3 Å². The first-order valence-corrected chi connectivity index (χ1v) is 12.5. The molecular formula is C29H29N3O7. The predicted molar refractivity (Wildman–Crippen MR) is 145 cm³/mol. The highest BCUT2D eigenvalue weighted by atomic mass is 16.6. The van der Waals surface area contributed by atoms with Crippen LogP contribution >= 0.6 is 0 Å². The Balaban J connectivity index is 1.34. The zero-order valence-electron chi connectivity index (χ0n) is 22.0. The van der Waals surface area contributed by atoms with Crippen molar-refractivity contribution in [1.82, 2.24) is 4.90 Å². The largest absolute Gasteiger partial charge is 0.491 e. The summed E-state index contributed by atoms with van der Waals surface area (Å²) in [5, 5.41) is 11.2. The number of unbranched alkanes of at least 4 members (excludes halogenated alkanes) is 2. The second kappa shape index (κ2) is 11.8. The zero-order chi connectivity index (χ0) is 28.1. The number of benzene rings is 3. The number of nitro benzene ring substituents is 1. The van der Waals surface area contributed by atoms with Crippen LogP contribution in [0.1, 0.15) is 55.9 Å². The van der Waals surface area contributed by atoms with Crippen LogP contribution in [0.2, 0.25) is 0 Å². The van der Waals surface area contributed by atoms with Crippen LogP contribution in [-0.4, -0.2) is 54.9 Å². The molecule has 0 saturated carbocycles. The number of nitrogens with zero attached hydrogens (tertiary/aromatic N) is 3. The standard InChI is InChI=1S/C29H29N3O7/c1-19-11-13-23(30(2)27(33)20-12-14-24(32(36)37)25(18-20)38-3)26(17-19)39-16-8-4-7-15-31-28(34)21-9-5-6-10-22(21)29(31)35/h5-6,9-14,17-18H,4,7-8,15-16H2,1-3H3. The topological polar surface area (TPSA) is 119 Å². The van der Waals surface area contributed by atoms with Crippen LogP contribution in [-0.2, 0) is 0 Å². The number of ether oxygens (including phenoxy) is 2. The van der Waals surface area contributed by atoms with Gasteiger partial charge in [0.25, 0.3) is 17.7 Å². The molecule has 1 heterocycles. The molecule has 0 aliphatic carbocycles. The van der Waals surface area contributed by atoms with Gasteiger partial charge in [-0.1, -0.05) is 18.2 Å². The van der Waals surface area contributed by atoms with Gasteiger partial charge in [-0.3, -0.25) is 29.4 Å². The van der Waals surface area contributed by atoms with Crippen molar-refractivity contribution >= 4 is 29.1 Å². The summed E-state index contributed by atoms with van der Waals surface area (Å²) >= 11 is 0. The average Bonchev–Trinajstić information content (AvgIpc) is 3.18. The first-order valence-electron chi connectivity index (χ1n) is 12.5. The molecule has 0 saturated heterocycles. The molecule has 4 rings (SSSR count). The molecule has 0 N–H and O–H groups in total.